The van der Waals surface area contributed by atoms with Crippen molar-refractivity contribution in [3.05, 3.63) is 42.5 Å². The van der Waals surface area contributed by atoms with Gasteiger partial charge < -0.3 is 15.2 Å². The lowest BCUT2D eigenvalue weighted by molar-refractivity contribution is -0.139. The number of rotatable bonds is 6. The first-order valence-corrected chi connectivity index (χ1v) is 8.21. The van der Waals surface area contributed by atoms with Crippen LogP contribution in [0.4, 0.5) is 0 Å². The van der Waals surface area contributed by atoms with Crippen molar-refractivity contribution < 1.29 is 19.4 Å². The molecule has 3 rings (SSSR count). The molecule has 1 amide bonds. The van der Waals surface area contributed by atoms with Crippen LogP contribution in [-0.4, -0.2) is 29.1 Å². The first-order chi connectivity index (χ1) is 11.6. The Morgan fingerprint density at radius 3 is 2.54 bits per heavy atom. The molecule has 0 heterocycles. The molecule has 24 heavy (non-hydrogen) atoms. The Morgan fingerprint density at radius 1 is 1.08 bits per heavy atom. The van der Waals surface area contributed by atoms with Crippen LogP contribution in [0, 0.1) is 0 Å². The largest absolute Gasteiger partial charge is 0.483 e. The highest BCUT2D eigenvalue weighted by atomic mass is 16.5. The van der Waals surface area contributed by atoms with Gasteiger partial charge in [0.25, 0.3) is 5.91 Å². The van der Waals surface area contributed by atoms with Gasteiger partial charge in [-0.05, 0) is 24.3 Å². The highest BCUT2D eigenvalue weighted by molar-refractivity contribution is 5.88. The Bertz CT molecular complexity index is 745. The Labute approximate surface area is 140 Å². The number of carboxylic acid groups (broad SMARTS) is 1. The summed E-state index contributed by atoms with van der Waals surface area (Å²) in [7, 11) is 0. The molecule has 2 aromatic rings. The van der Waals surface area contributed by atoms with E-state index < -0.39 is 11.5 Å². The fourth-order valence-corrected chi connectivity index (χ4v) is 3.48. The van der Waals surface area contributed by atoms with Crippen LogP contribution in [-0.2, 0) is 9.59 Å². The second-order valence-electron chi connectivity index (χ2n) is 6.37. The molecule has 1 aliphatic rings. The van der Waals surface area contributed by atoms with Crippen LogP contribution in [0.1, 0.15) is 32.1 Å². The van der Waals surface area contributed by atoms with E-state index in [1.165, 1.54) is 0 Å². The molecular formula is C19H21NO4. The Morgan fingerprint density at radius 2 is 1.79 bits per heavy atom. The van der Waals surface area contributed by atoms with Crippen molar-refractivity contribution in [1.82, 2.24) is 5.32 Å². The minimum atomic E-state index is -0.882. The second-order valence-corrected chi connectivity index (χ2v) is 6.37. The van der Waals surface area contributed by atoms with E-state index in [0.717, 1.165) is 23.6 Å². The normalized spacial score (nSPS) is 16.0. The van der Waals surface area contributed by atoms with Gasteiger partial charge in [-0.2, -0.15) is 0 Å². The van der Waals surface area contributed by atoms with E-state index in [-0.39, 0.29) is 18.9 Å². The third-order valence-corrected chi connectivity index (χ3v) is 4.56. The van der Waals surface area contributed by atoms with E-state index in [2.05, 4.69) is 5.32 Å². The molecule has 0 bridgehead atoms. The number of hydrogen-bond donors (Lipinski definition) is 2. The summed E-state index contributed by atoms with van der Waals surface area (Å²) in [5, 5.41) is 14.0. The number of ether oxygens (including phenoxy) is 1. The fraction of sp³-hybridized carbons (Fsp3) is 0.368. The fourth-order valence-electron chi connectivity index (χ4n) is 3.48. The number of hydrogen-bond acceptors (Lipinski definition) is 3. The first-order valence-electron chi connectivity index (χ1n) is 8.21. The highest BCUT2D eigenvalue weighted by Gasteiger charge is 2.37. The van der Waals surface area contributed by atoms with E-state index >= 15 is 0 Å². The van der Waals surface area contributed by atoms with Crippen LogP contribution in [0.15, 0.2) is 42.5 Å². The number of carboxylic acids is 1. The topological polar surface area (TPSA) is 75.6 Å². The summed E-state index contributed by atoms with van der Waals surface area (Å²) in [6, 6.07) is 13.5. The van der Waals surface area contributed by atoms with Crippen molar-refractivity contribution in [2.24, 2.45) is 0 Å². The first kappa shape index (κ1) is 16.3. The van der Waals surface area contributed by atoms with E-state index in [0.29, 0.717) is 18.6 Å². The number of benzene rings is 2. The summed E-state index contributed by atoms with van der Waals surface area (Å²) in [5.41, 5.74) is -0.620. The molecule has 1 fully saturated rings. The predicted octanol–water partition coefficient (Wildman–Crippen LogP) is 3.12. The molecule has 0 unspecified atom stereocenters. The summed E-state index contributed by atoms with van der Waals surface area (Å²) < 4.78 is 5.68. The van der Waals surface area contributed by atoms with Crippen molar-refractivity contribution >= 4 is 22.6 Å². The maximum absolute atomic E-state index is 12.3. The summed E-state index contributed by atoms with van der Waals surface area (Å²) >= 11 is 0. The SMILES string of the molecule is O=C(O)CC1(NC(=O)COc2cccc3ccccc23)CCCC1. The van der Waals surface area contributed by atoms with Gasteiger partial charge in [0.05, 0.1) is 12.0 Å². The lowest BCUT2D eigenvalue weighted by Gasteiger charge is -2.28. The van der Waals surface area contributed by atoms with Crippen molar-refractivity contribution in [3.63, 3.8) is 0 Å². The Kier molecular flexibility index (Phi) is 4.69. The third-order valence-electron chi connectivity index (χ3n) is 4.56. The molecule has 0 radical (unpaired) electrons. The van der Waals surface area contributed by atoms with Crippen LogP contribution < -0.4 is 10.1 Å². The molecule has 0 spiro atoms. The zero-order chi connectivity index (χ0) is 17.0. The number of nitrogens with one attached hydrogen (secondary N) is 1. The molecule has 1 saturated carbocycles. The van der Waals surface area contributed by atoms with Crippen molar-refractivity contribution in [2.45, 2.75) is 37.6 Å². The molecule has 1 aliphatic carbocycles. The molecule has 0 atom stereocenters. The van der Waals surface area contributed by atoms with Crippen molar-refractivity contribution in [3.8, 4) is 5.75 Å². The molecule has 0 saturated heterocycles. The molecule has 0 aliphatic heterocycles. The van der Waals surface area contributed by atoms with Crippen LogP contribution >= 0.6 is 0 Å². The average molecular weight is 327 g/mol. The number of carbonyl (C=O) groups is 2. The van der Waals surface area contributed by atoms with Gasteiger partial charge in [0.15, 0.2) is 6.61 Å². The van der Waals surface area contributed by atoms with Gasteiger partial charge in [0.2, 0.25) is 0 Å². The van der Waals surface area contributed by atoms with Crippen LogP contribution in [0.25, 0.3) is 10.8 Å². The predicted molar refractivity (Wildman–Crippen MR) is 91.0 cm³/mol. The maximum Gasteiger partial charge on any atom is 0.305 e. The third kappa shape index (κ3) is 3.67. The molecule has 5 heteroatoms. The Hall–Kier alpha value is -2.56. The quantitative estimate of drug-likeness (QED) is 0.855. The summed E-state index contributed by atoms with van der Waals surface area (Å²) in [4.78, 5) is 23.4. The molecule has 126 valence electrons. The average Bonchev–Trinajstić information content (AvgIpc) is 3.00. The minimum absolute atomic E-state index is 0.0347. The van der Waals surface area contributed by atoms with E-state index in [1.54, 1.807) is 0 Å². The van der Waals surface area contributed by atoms with Gasteiger partial charge in [-0.15, -0.1) is 0 Å². The van der Waals surface area contributed by atoms with Gasteiger partial charge >= 0.3 is 5.97 Å². The molecule has 0 aromatic heterocycles. The number of amides is 1. The van der Waals surface area contributed by atoms with E-state index in [9.17, 15) is 9.59 Å². The second kappa shape index (κ2) is 6.91. The monoisotopic (exact) mass is 327 g/mol. The van der Waals surface area contributed by atoms with Gasteiger partial charge in [0, 0.05) is 5.39 Å². The summed E-state index contributed by atoms with van der Waals surface area (Å²) in [6.45, 7) is -0.116. The molecule has 2 aromatic carbocycles. The van der Waals surface area contributed by atoms with Crippen LogP contribution in [0.2, 0.25) is 0 Å². The standard InChI is InChI=1S/C19H21NO4/c21-17(20-19(12-18(22)23)10-3-4-11-19)13-24-16-9-5-7-14-6-1-2-8-15(14)16/h1-2,5-9H,3-4,10-13H2,(H,20,21)(H,22,23). The van der Waals surface area contributed by atoms with Gasteiger partial charge in [0.1, 0.15) is 5.75 Å². The lowest BCUT2D eigenvalue weighted by Crippen LogP contribution is -2.49. The summed E-state index contributed by atoms with van der Waals surface area (Å²) in [5.74, 6) is -0.500. The lowest BCUT2D eigenvalue weighted by atomic mass is 9.93. The molecular weight excluding hydrogens is 306 g/mol. The van der Waals surface area contributed by atoms with Gasteiger partial charge in [-0.3, -0.25) is 9.59 Å². The molecule has 2 N–H and O–H groups in total. The van der Waals surface area contributed by atoms with Crippen LogP contribution in [0.3, 0.4) is 0 Å². The van der Waals surface area contributed by atoms with E-state index in [1.807, 2.05) is 42.5 Å². The number of aliphatic carboxylic acids is 1. The van der Waals surface area contributed by atoms with E-state index in [4.69, 9.17) is 9.84 Å². The Balaban J connectivity index is 1.65. The maximum atomic E-state index is 12.3. The van der Waals surface area contributed by atoms with Crippen molar-refractivity contribution in [2.75, 3.05) is 6.61 Å². The van der Waals surface area contributed by atoms with Gasteiger partial charge in [-0.1, -0.05) is 49.2 Å². The zero-order valence-corrected chi connectivity index (χ0v) is 13.5. The molecule has 5 nitrogen and oxygen atoms in total. The van der Waals surface area contributed by atoms with Gasteiger partial charge in [-0.25, -0.2) is 0 Å². The highest BCUT2D eigenvalue weighted by Crippen LogP contribution is 2.32. The minimum Gasteiger partial charge on any atom is -0.483 e. The smallest absolute Gasteiger partial charge is 0.305 e. The summed E-state index contributed by atoms with van der Waals surface area (Å²) in [6.07, 6.45) is 3.26. The van der Waals surface area contributed by atoms with Crippen molar-refractivity contribution in [1.29, 1.82) is 0 Å². The number of carbonyl (C=O) groups excluding carboxylic acids is 1. The zero-order valence-electron chi connectivity index (χ0n) is 13.5. The number of fused-ring (bicyclic) bond motifs is 1. The van der Waals surface area contributed by atoms with Crippen LogP contribution in [0.5, 0.6) is 5.75 Å².